The Morgan fingerprint density at radius 1 is 0.824 bits per heavy atom. The summed E-state index contributed by atoms with van der Waals surface area (Å²) in [7, 11) is 1.32. The molecule has 2 aliphatic carbocycles. The fourth-order valence-electron chi connectivity index (χ4n) is 8.46. The van der Waals surface area contributed by atoms with Gasteiger partial charge in [-0.15, -0.1) is 0 Å². The van der Waals surface area contributed by atoms with E-state index < -0.39 is 87.8 Å². The first-order chi connectivity index (χ1) is 23.9. The predicted molar refractivity (Wildman–Crippen MR) is 172 cm³/mol. The van der Waals surface area contributed by atoms with Gasteiger partial charge in [-0.2, -0.15) is 26.3 Å². The first kappa shape index (κ1) is 34.8. The van der Waals surface area contributed by atoms with Crippen molar-refractivity contribution in [3.8, 4) is 11.5 Å². The van der Waals surface area contributed by atoms with Crippen LogP contribution in [0, 0.1) is 29.1 Å². The standard InChI is InChI=1S/C36H27BrF6N2O6/c1-34-24(31(48)45(33(34)50)19-6-4-3-5-7-19)15-23-21(28(34)16-10-25(37)29(46)26(11-16)51-2)8-9-22-27(23)32(49)44(30(22)47)20-13-17(35(38,39)40)12-18(14-20)36(41,42)43/h3-8,10-14,22-24,27-28,46H,9,15H2,1-2H3. The predicted octanol–water partition coefficient (Wildman–Crippen LogP) is 7.64. The lowest BCUT2D eigenvalue weighted by atomic mass is 9.51. The Morgan fingerprint density at radius 2 is 1.45 bits per heavy atom. The Bertz CT molecular complexity index is 2020. The molecule has 2 saturated heterocycles. The van der Waals surface area contributed by atoms with Gasteiger partial charge in [0, 0.05) is 5.92 Å². The second kappa shape index (κ2) is 11.7. The number of ether oxygens (including phenoxy) is 1. The highest BCUT2D eigenvalue weighted by atomic mass is 79.9. The summed E-state index contributed by atoms with van der Waals surface area (Å²) in [5.74, 6) is -8.57. The first-order valence-corrected chi connectivity index (χ1v) is 16.6. The number of aromatic hydroxyl groups is 1. The molecule has 0 spiro atoms. The summed E-state index contributed by atoms with van der Waals surface area (Å²) < 4.78 is 88.2. The van der Waals surface area contributed by atoms with Gasteiger partial charge in [-0.1, -0.05) is 29.8 Å². The number of nitrogens with zero attached hydrogens (tertiary/aromatic N) is 2. The fraction of sp³-hybridized carbons (Fsp3) is 0.333. The van der Waals surface area contributed by atoms with Crippen LogP contribution in [0.2, 0.25) is 0 Å². The molecule has 3 fully saturated rings. The molecule has 7 rings (SSSR count). The molecule has 3 aromatic rings. The Balaban J connectivity index is 1.38. The summed E-state index contributed by atoms with van der Waals surface area (Å²) in [4.78, 5) is 58.4. The number of rotatable bonds is 4. The topological polar surface area (TPSA) is 104 Å². The number of benzene rings is 3. The lowest BCUT2D eigenvalue weighted by Gasteiger charge is -2.49. The normalized spacial score (nSPS) is 27.7. The number of halogens is 7. The molecule has 51 heavy (non-hydrogen) atoms. The van der Waals surface area contributed by atoms with Crippen molar-refractivity contribution in [2.24, 2.45) is 29.1 Å². The Kier molecular flexibility index (Phi) is 7.97. The Morgan fingerprint density at radius 3 is 2.04 bits per heavy atom. The lowest BCUT2D eigenvalue weighted by molar-refractivity contribution is -0.143. The van der Waals surface area contributed by atoms with Gasteiger partial charge in [0.15, 0.2) is 11.5 Å². The van der Waals surface area contributed by atoms with Crippen LogP contribution in [0.5, 0.6) is 11.5 Å². The lowest BCUT2D eigenvalue weighted by Crippen LogP contribution is -2.48. The van der Waals surface area contributed by atoms with E-state index >= 15 is 0 Å². The maximum absolute atomic E-state index is 14.5. The minimum Gasteiger partial charge on any atom is -0.503 e. The Labute approximate surface area is 294 Å². The van der Waals surface area contributed by atoms with E-state index in [1.807, 2.05) is 0 Å². The monoisotopic (exact) mass is 776 g/mol. The molecule has 4 amide bonds. The highest BCUT2D eigenvalue weighted by molar-refractivity contribution is 9.10. The number of para-hydroxylation sites is 1. The maximum Gasteiger partial charge on any atom is 0.416 e. The van der Waals surface area contributed by atoms with Crippen LogP contribution in [0.15, 0.2) is 76.8 Å². The van der Waals surface area contributed by atoms with Crippen molar-refractivity contribution in [1.29, 1.82) is 0 Å². The van der Waals surface area contributed by atoms with Gasteiger partial charge in [-0.25, -0.2) is 9.80 Å². The third-order valence-electron chi connectivity index (χ3n) is 10.7. The van der Waals surface area contributed by atoms with Gasteiger partial charge in [0.25, 0.3) is 0 Å². The molecule has 2 aliphatic heterocycles. The van der Waals surface area contributed by atoms with E-state index in [2.05, 4.69) is 15.9 Å². The zero-order chi connectivity index (χ0) is 36.9. The van der Waals surface area contributed by atoms with Crippen molar-refractivity contribution in [3.63, 3.8) is 0 Å². The number of allylic oxidation sites excluding steroid dienone is 2. The number of fused-ring (bicyclic) bond motifs is 4. The number of imide groups is 2. The highest BCUT2D eigenvalue weighted by Crippen LogP contribution is 2.64. The van der Waals surface area contributed by atoms with Gasteiger partial charge in [0.2, 0.25) is 23.6 Å². The zero-order valence-electron chi connectivity index (χ0n) is 26.7. The van der Waals surface area contributed by atoms with E-state index in [9.17, 15) is 50.6 Å². The van der Waals surface area contributed by atoms with Crippen molar-refractivity contribution in [2.75, 3.05) is 16.9 Å². The number of alkyl halides is 6. The minimum atomic E-state index is -5.22. The number of hydrogen-bond acceptors (Lipinski definition) is 6. The second-order valence-corrected chi connectivity index (χ2v) is 14.2. The van der Waals surface area contributed by atoms with Crippen LogP contribution >= 0.6 is 15.9 Å². The molecule has 1 N–H and O–H groups in total. The molecule has 2 heterocycles. The highest BCUT2D eigenvalue weighted by Gasteiger charge is 2.67. The van der Waals surface area contributed by atoms with Gasteiger partial charge in [0.05, 0.1) is 57.3 Å². The molecule has 0 radical (unpaired) electrons. The van der Waals surface area contributed by atoms with Crippen LogP contribution in [0.1, 0.15) is 42.4 Å². The van der Waals surface area contributed by atoms with Crippen molar-refractivity contribution in [3.05, 3.63) is 93.5 Å². The van der Waals surface area contributed by atoms with Crippen LogP contribution in [0.25, 0.3) is 0 Å². The van der Waals surface area contributed by atoms with Gasteiger partial charge in [-0.3, -0.25) is 19.2 Å². The van der Waals surface area contributed by atoms with Crippen LogP contribution in [0.4, 0.5) is 37.7 Å². The number of amides is 4. The van der Waals surface area contributed by atoms with Gasteiger partial charge in [0.1, 0.15) is 0 Å². The zero-order valence-corrected chi connectivity index (χ0v) is 28.3. The van der Waals surface area contributed by atoms with Gasteiger partial charge in [-0.05, 0) is 89.6 Å². The summed E-state index contributed by atoms with van der Waals surface area (Å²) in [6.45, 7) is 1.64. The van der Waals surface area contributed by atoms with Crippen LogP contribution in [-0.4, -0.2) is 35.8 Å². The number of methoxy groups -OCH3 is 1. The number of hydrogen-bond donors (Lipinski definition) is 1. The van der Waals surface area contributed by atoms with E-state index in [1.165, 1.54) is 13.2 Å². The van der Waals surface area contributed by atoms with E-state index in [4.69, 9.17) is 4.74 Å². The fourth-order valence-corrected chi connectivity index (χ4v) is 8.92. The van der Waals surface area contributed by atoms with Crippen LogP contribution < -0.4 is 14.5 Å². The van der Waals surface area contributed by atoms with E-state index in [-0.39, 0.29) is 34.9 Å². The Hall–Kier alpha value is -4.66. The molecule has 6 atom stereocenters. The molecule has 0 bridgehead atoms. The van der Waals surface area contributed by atoms with Crippen molar-refractivity contribution < 1.29 is 55.4 Å². The van der Waals surface area contributed by atoms with Crippen molar-refractivity contribution in [1.82, 2.24) is 0 Å². The quantitative estimate of drug-likeness (QED) is 0.166. The summed E-state index contributed by atoms with van der Waals surface area (Å²) >= 11 is 3.32. The molecule has 4 aliphatic rings. The number of phenolic OH excluding ortho intramolecular Hbond substituents is 1. The van der Waals surface area contributed by atoms with Gasteiger partial charge < -0.3 is 9.84 Å². The molecular weight excluding hydrogens is 750 g/mol. The summed E-state index contributed by atoms with van der Waals surface area (Å²) in [6, 6.07) is 11.9. The van der Waals surface area contributed by atoms with Crippen molar-refractivity contribution in [2.45, 2.75) is 38.0 Å². The SMILES string of the molecule is COc1cc(C2C3=CCC4C(=O)N(c5cc(C(F)(F)F)cc(C(F)(F)F)c5)C(=O)C4C3CC3C(=O)N(c4ccccc4)C(=O)C32C)cc(Br)c1O. The average molecular weight is 778 g/mol. The number of phenols is 1. The first-order valence-electron chi connectivity index (χ1n) is 15.8. The minimum absolute atomic E-state index is 0.0379. The average Bonchev–Trinajstić information content (AvgIpc) is 3.44. The van der Waals surface area contributed by atoms with Crippen LogP contribution in [-0.2, 0) is 31.5 Å². The molecule has 15 heteroatoms. The maximum atomic E-state index is 14.5. The largest absolute Gasteiger partial charge is 0.503 e. The van der Waals surface area contributed by atoms with Crippen molar-refractivity contribution >= 4 is 50.9 Å². The third kappa shape index (κ3) is 5.17. The molecule has 8 nitrogen and oxygen atoms in total. The number of carbonyl (C=O) groups is 4. The molecular formula is C36H27BrF6N2O6. The number of anilines is 2. The smallest absolute Gasteiger partial charge is 0.416 e. The molecule has 6 unspecified atom stereocenters. The molecule has 1 saturated carbocycles. The third-order valence-corrected chi connectivity index (χ3v) is 11.3. The summed E-state index contributed by atoms with van der Waals surface area (Å²) in [5, 5.41) is 10.6. The molecule has 0 aromatic heterocycles. The summed E-state index contributed by atoms with van der Waals surface area (Å²) in [5.41, 5.74) is -4.45. The second-order valence-electron chi connectivity index (χ2n) is 13.3. The number of carbonyl (C=O) groups excluding carboxylic acids is 4. The van der Waals surface area contributed by atoms with Gasteiger partial charge >= 0.3 is 12.4 Å². The van der Waals surface area contributed by atoms with E-state index in [0.29, 0.717) is 33.9 Å². The van der Waals surface area contributed by atoms with Crippen LogP contribution in [0.3, 0.4) is 0 Å². The summed E-state index contributed by atoms with van der Waals surface area (Å²) in [6.07, 6.45) is -8.97. The van der Waals surface area contributed by atoms with E-state index in [1.54, 1.807) is 49.4 Å². The molecule has 266 valence electrons. The van der Waals surface area contributed by atoms with E-state index in [0.717, 1.165) is 4.90 Å². The molecule has 3 aromatic carbocycles.